The van der Waals surface area contributed by atoms with Crippen molar-refractivity contribution in [3.8, 4) is 0 Å². The Hall–Kier alpha value is -2.37. The third-order valence-corrected chi connectivity index (χ3v) is 5.63. The van der Waals surface area contributed by atoms with Gasteiger partial charge in [-0.05, 0) is 50.7 Å². The molecule has 28 heavy (non-hydrogen) atoms. The molecule has 0 aromatic heterocycles. The lowest BCUT2D eigenvalue weighted by Crippen LogP contribution is -2.53. The predicted octanol–water partition coefficient (Wildman–Crippen LogP) is 2.27. The monoisotopic (exact) mass is 385 g/mol. The SMILES string of the molecule is Cc1ccc(C(=O)NC(C(=O)N2CCC(C(=O)NC3CC3)CC2)C(C)C)cc1. The van der Waals surface area contributed by atoms with Crippen molar-refractivity contribution in [2.24, 2.45) is 11.8 Å². The average Bonchev–Trinajstić information content (AvgIpc) is 3.49. The van der Waals surface area contributed by atoms with E-state index >= 15 is 0 Å². The lowest BCUT2D eigenvalue weighted by atomic mass is 9.94. The van der Waals surface area contributed by atoms with Gasteiger partial charge in [0.1, 0.15) is 6.04 Å². The zero-order valence-corrected chi connectivity index (χ0v) is 17.0. The lowest BCUT2D eigenvalue weighted by Gasteiger charge is -2.35. The summed E-state index contributed by atoms with van der Waals surface area (Å²) in [4.78, 5) is 39.6. The molecule has 1 heterocycles. The van der Waals surface area contributed by atoms with E-state index < -0.39 is 6.04 Å². The number of likely N-dealkylation sites (tertiary alicyclic amines) is 1. The molecule has 1 unspecified atom stereocenters. The molecule has 2 N–H and O–H groups in total. The molecule has 1 aliphatic carbocycles. The minimum absolute atomic E-state index is 0.00991. The second-order valence-electron chi connectivity index (χ2n) is 8.44. The standard InChI is InChI=1S/C22H31N3O3/c1-14(2)19(24-21(27)16-6-4-15(3)5-7-16)22(28)25-12-10-17(11-13-25)20(26)23-18-8-9-18/h4-7,14,17-19H,8-13H2,1-3H3,(H,23,26)(H,24,27). The van der Waals surface area contributed by atoms with Crippen LogP contribution in [0.5, 0.6) is 0 Å². The van der Waals surface area contributed by atoms with Gasteiger partial charge in [-0.3, -0.25) is 14.4 Å². The second-order valence-corrected chi connectivity index (χ2v) is 8.44. The minimum Gasteiger partial charge on any atom is -0.353 e. The van der Waals surface area contributed by atoms with Gasteiger partial charge in [-0.1, -0.05) is 31.5 Å². The smallest absolute Gasteiger partial charge is 0.251 e. The number of piperidine rings is 1. The highest BCUT2D eigenvalue weighted by molar-refractivity contribution is 5.97. The molecule has 6 heteroatoms. The number of benzene rings is 1. The molecule has 0 bridgehead atoms. The van der Waals surface area contributed by atoms with Gasteiger partial charge >= 0.3 is 0 Å². The van der Waals surface area contributed by atoms with Crippen molar-refractivity contribution in [3.63, 3.8) is 0 Å². The third-order valence-electron chi connectivity index (χ3n) is 5.63. The molecule has 3 amide bonds. The molecule has 152 valence electrons. The highest BCUT2D eigenvalue weighted by atomic mass is 16.2. The van der Waals surface area contributed by atoms with Gasteiger partial charge in [0.05, 0.1) is 0 Å². The number of carbonyl (C=O) groups excluding carboxylic acids is 3. The van der Waals surface area contributed by atoms with Crippen molar-refractivity contribution in [2.45, 2.75) is 58.5 Å². The van der Waals surface area contributed by atoms with E-state index in [-0.39, 0.29) is 29.6 Å². The van der Waals surface area contributed by atoms with Crippen molar-refractivity contribution < 1.29 is 14.4 Å². The second kappa shape index (κ2) is 8.76. The highest BCUT2D eigenvalue weighted by Gasteiger charge is 2.34. The van der Waals surface area contributed by atoms with Gasteiger partial charge in [0.25, 0.3) is 5.91 Å². The number of hydrogen-bond donors (Lipinski definition) is 2. The molecule has 2 aliphatic rings. The van der Waals surface area contributed by atoms with Crippen LogP contribution in [0.25, 0.3) is 0 Å². The number of hydrogen-bond acceptors (Lipinski definition) is 3. The van der Waals surface area contributed by atoms with Crippen LogP contribution in [0.2, 0.25) is 0 Å². The van der Waals surface area contributed by atoms with Crippen molar-refractivity contribution in [1.82, 2.24) is 15.5 Å². The molecular formula is C22H31N3O3. The van der Waals surface area contributed by atoms with Crippen LogP contribution in [0, 0.1) is 18.8 Å². The highest BCUT2D eigenvalue weighted by Crippen LogP contribution is 2.23. The minimum atomic E-state index is -0.564. The number of aryl methyl sites for hydroxylation is 1. The van der Waals surface area contributed by atoms with E-state index in [1.807, 2.05) is 32.9 Å². The summed E-state index contributed by atoms with van der Waals surface area (Å²) in [6, 6.07) is 7.13. The lowest BCUT2D eigenvalue weighted by molar-refractivity contribution is -0.138. The summed E-state index contributed by atoms with van der Waals surface area (Å²) in [6.45, 7) is 6.97. The van der Waals surface area contributed by atoms with E-state index in [9.17, 15) is 14.4 Å². The van der Waals surface area contributed by atoms with Crippen LogP contribution in [0.4, 0.5) is 0 Å². The van der Waals surface area contributed by atoms with E-state index in [1.54, 1.807) is 17.0 Å². The zero-order chi connectivity index (χ0) is 20.3. The summed E-state index contributed by atoms with van der Waals surface area (Å²) in [5.41, 5.74) is 1.64. The third kappa shape index (κ3) is 5.12. The summed E-state index contributed by atoms with van der Waals surface area (Å²) in [5, 5.41) is 5.97. The summed E-state index contributed by atoms with van der Waals surface area (Å²) < 4.78 is 0. The average molecular weight is 386 g/mol. The first-order valence-electron chi connectivity index (χ1n) is 10.3. The van der Waals surface area contributed by atoms with Crippen LogP contribution in [0.1, 0.15) is 55.5 Å². The first kappa shape index (κ1) is 20.4. The van der Waals surface area contributed by atoms with Gasteiger partial charge in [-0.25, -0.2) is 0 Å². The Balaban J connectivity index is 1.56. The molecule has 1 saturated carbocycles. The Kier molecular flexibility index (Phi) is 6.37. The normalized spacial score (nSPS) is 18.6. The number of amides is 3. The maximum Gasteiger partial charge on any atom is 0.251 e. The van der Waals surface area contributed by atoms with Crippen LogP contribution in [-0.4, -0.2) is 47.8 Å². The zero-order valence-electron chi connectivity index (χ0n) is 17.0. The summed E-state index contributed by atoms with van der Waals surface area (Å²) in [7, 11) is 0. The van der Waals surface area contributed by atoms with Gasteiger partial charge in [-0.2, -0.15) is 0 Å². The van der Waals surface area contributed by atoms with E-state index in [4.69, 9.17) is 0 Å². The Morgan fingerprint density at radius 1 is 1.00 bits per heavy atom. The van der Waals surface area contributed by atoms with Crippen molar-refractivity contribution in [3.05, 3.63) is 35.4 Å². The largest absolute Gasteiger partial charge is 0.353 e. The fourth-order valence-corrected chi connectivity index (χ4v) is 3.55. The van der Waals surface area contributed by atoms with Crippen LogP contribution in [-0.2, 0) is 9.59 Å². The molecule has 6 nitrogen and oxygen atoms in total. The van der Waals surface area contributed by atoms with Crippen molar-refractivity contribution in [2.75, 3.05) is 13.1 Å². The number of nitrogens with one attached hydrogen (secondary N) is 2. The fourth-order valence-electron chi connectivity index (χ4n) is 3.55. The Morgan fingerprint density at radius 2 is 1.61 bits per heavy atom. The molecule has 1 saturated heterocycles. The topological polar surface area (TPSA) is 78.5 Å². The molecule has 2 fully saturated rings. The Morgan fingerprint density at radius 3 is 2.14 bits per heavy atom. The van der Waals surface area contributed by atoms with Gasteiger partial charge in [0.15, 0.2) is 0 Å². The van der Waals surface area contributed by atoms with Crippen LogP contribution >= 0.6 is 0 Å². The summed E-state index contributed by atoms with van der Waals surface area (Å²) in [5.74, 6) is -0.188. The number of carbonyl (C=O) groups is 3. The molecule has 0 radical (unpaired) electrons. The first-order chi connectivity index (χ1) is 13.3. The first-order valence-corrected chi connectivity index (χ1v) is 10.3. The molecule has 3 rings (SSSR count). The summed E-state index contributed by atoms with van der Waals surface area (Å²) in [6.07, 6.45) is 3.53. The van der Waals surface area contributed by atoms with Crippen LogP contribution in [0.15, 0.2) is 24.3 Å². The molecule has 1 aliphatic heterocycles. The van der Waals surface area contributed by atoms with Crippen LogP contribution < -0.4 is 10.6 Å². The number of nitrogens with zero attached hydrogens (tertiary/aromatic N) is 1. The van der Waals surface area contributed by atoms with Gasteiger partial charge in [0, 0.05) is 30.6 Å². The number of rotatable bonds is 6. The molecule has 1 aromatic rings. The molecular weight excluding hydrogens is 354 g/mol. The van der Waals surface area contributed by atoms with Crippen LogP contribution in [0.3, 0.4) is 0 Å². The van der Waals surface area contributed by atoms with Crippen molar-refractivity contribution >= 4 is 17.7 Å². The van der Waals surface area contributed by atoms with E-state index in [0.717, 1.165) is 18.4 Å². The molecule has 0 spiro atoms. The predicted molar refractivity (Wildman–Crippen MR) is 108 cm³/mol. The molecule has 1 atom stereocenters. The van der Waals surface area contributed by atoms with Gasteiger partial charge in [0.2, 0.25) is 11.8 Å². The maximum atomic E-state index is 13.0. The van der Waals surface area contributed by atoms with Crippen molar-refractivity contribution in [1.29, 1.82) is 0 Å². The summed E-state index contributed by atoms with van der Waals surface area (Å²) >= 11 is 0. The fraction of sp³-hybridized carbons (Fsp3) is 0.591. The van der Waals surface area contributed by atoms with E-state index in [0.29, 0.717) is 37.5 Å². The Bertz CT molecular complexity index is 717. The van der Waals surface area contributed by atoms with Gasteiger partial charge in [-0.15, -0.1) is 0 Å². The maximum absolute atomic E-state index is 13.0. The molecule has 1 aromatic carbocycles. The quantitative estimate of drug-likeness (QED) is 0.788. The van der Waals surface area contributed by atoms with Gasteiger partial charge < -0.3 is 15.5 Å². The van der Waals surface area contributed by atoms with E-state index in [2.05, 4.69) is 10.6 Å². The Labute approximate surface area is 167 Å². The van der Waals surface area contributed by atoms with E-state index in [1.165, 1.54) is 0 Å².